The van der Waals surface area contributed by atoms with Gasteiger partial charge in [0.2, 0.25) is 0 Å². The van der Waals surface area contributed by atoms with Crippen LogP contribution in [0.25, 0.3) is 0 Å². The second-order valence-corrected chi connectivity index (χ2v) is 6.01. The topological polar surface area (TPSA) is 74.5 Å². The molecule has 1 aromatic heterocycles. The van der Waals surface area contributed by atoms with Crippen LogP contribution in [0.1, 0.15) is 36.2 Å². The van der Waals surface area contributed by atoms with Gasteiger partial charge in [-0.2, -0.15) is 0 Å². The van der Waals surface area contributed by atoms with Gasteiger partial charge in [-0.05, 0) is 38.9 Å². The van der Waals surface area contributed by atoms with Gasteiger partial charge in [0.1, 0.15) is 0 Å². The zero-order valence-electron chi connectivity index (χ0n) is 12.3. The minimum Gasteiger partial charge on any atom is -0.476 e. The molecule has 2 aliphatic rings. The normalized spacial score (nSPS) is 24.5. The van der Waals surface area contributed by atoms with E-state index >= 15 is 0 Å². The van der Waals surface area contributed by atoms with Gasteiger partial charge in [-0.25, -0.2) is 4.79 Å². The summed E-state index contributed by atoms with van der Waals surface area (Å²) < 4.78 is 1.62. The number of hydrogen-bond acceptors (Lipinski definition) is 5. The first-order valence-corrected chi connectivity index (χ1v) is 7.82. The summed E-state index contributed by atoms with van der Waals surface area (Å²) in [7, 11) is 0. The lowest BCUT2D eigenvalue weighted by Gasteiger charge is -2.32. The molecule has 2 aliphatic heterocycles. The molecule has 1 N–H and O–H groups in total. The van der Waals surface area contributed by atoms with Crippen LogP contribution in [0, 0.1) is 0 Å². The third-order valence-electron chi connectivity index (χ3n) is 4.56. The number of aromatic nitrogens is 3. The molecule has 2 saturated heterocycles. The maximum Gasteiger partial charge on any atom is 0.358 e. The SMILES string of the molecule is O=C(O)c1cn(CCN2CCC(N3CCCCC3)C2)nn1. The smallest absolute Gasteiger partial charge is 0.358 e. The van der Waals surface area contributed by atoms with Gasteiger partial charge in [-0.3, -0.25) is 14.5 Å². The molecule has 0 saturated carbocycles. The molecule has 3 rings (SSSR count). The molecule has 0 bridgehead atoms. The van der Waals surface area contributed by atoms with Gasteiger partial charge in [0.05, 0.1) is 12.7 Å². The molecule has 0 amide bonds. The number of piperidine rings is 1. The first kappa shape index (κ1) is 14.5. The molecule has 116 valence electrons. The van der Waals surface area contributed by atoms with E-state index in [9.17, 15) is 4.79 Å². The van der Waals surface area contributed by atoms with Crippen LogP contribution in [0.4, 0.5) is 0 Å². The van der Waals surface area contributed by atoms with E-state index in [4.69, 9.17) is 5.11 Å². The zero-order chi connectivity index (χ0) is 14.7. The van der Waals surface area contributed by atoms with Crippen molar-refractivity contribution in [3.05, 3.63) is 11.9 Å². The fourth-order valence-electron chi connectivity index (χ4n) is 3.35. The molecule has 21 heavy (non-hydrogen) atoms. The summed E-state index contributed by atoms with van der Waals surface area (Å²) in [4.78, 5) is 15.8. The average Bonchev–Trinajstić information content (AvgIpc) is 3.15. The van der Waals surface area contributed by atoms with Crippen LogP contribution in [0.5, 0.6) is 0 Å². The Bertz CT molecular complexity index is 483. The second-order valence-electron chi connectivity index (χ2n) is 6.01. The highest BCUT2D eigenvalue weighted by atomic mass is 16.4. The van der Waals surface area contributed by atoms with E-state index in [0.717, 1.165) is 19.6 Å². The number of likely N-dealkylation sites (tertiary alicyclic amines) is 2. The number of nitrogens with zero attached hydrogens (tertiary/aromatic N) is 5. The summed E-state index contributed by atoms with van der Waals surface area (Å²) in [6.07, 6.45) is 6.81. The van der Waals surface area contributed by atoms with Gasteiger partial charge >= 0.3 is 5.97 Å². The van der Waals surface area contributed by atoms with Crippen molar-refractivity contribution >= 4 is 5.97 Å². The summed E-state index contributed by atoms with van der Waals surface area (Å²) in [6, 6.07) is 0.704. The Kier molecular flexibility index (Phi) is 4.50. The van der Waals surface area contributed by atoms with Crippen molar-refractivity contribution in [2.45, 2.75) is 38.3 Å². The van der Waals surface area contributed by atoms with Crippen LogP contribution in [0.15, 0.2) is 6.20 Å². The maximum absolute atomic E-state index is 10.8. The van der Waals surface area contributed by atoms with Gasteiger partial charge in [0, 0.05) is 19.1 Å². The summed E-state index contributed by atoms with van der Waals surface area (Å²) in [5.41, 5.74) is 0.0163. The largest absolute Gasteiger partial charge is 0.476 e. The number of carboxylic acids is 1. The first-order chi connectivity index (χ1) is 10.2. The minimum atomic E-state index is -1.02. The second kappa shape index (κ2) is 6.53. The number of rotatable bonds is 5. The molecular formula is C14H23N5O2. The molecular weight excluding hydrogens is 270 g/mol. The molecule has 1 atom stereocenters. The van der Waals surface area contributed by atoms with Crippen molar-refractivity contribution in [2.75, 3.05) is 32.7 Å². The lowest BCUT2D eigenvalue weighted by molar-refractivity contribution is 0.0690. The predicted molar refractivity (Wildman–Crippen MR) is 77.3 cm³/mol. The summed E-state index contributed by atoms with van der Waals surface area (Å²) in [6.45, 7) is 6.37. The Morgan fingerprint density at radius 2 is 2.05 bits per heavy atom. The van der Waals surface area contributed by atoms with Crippen molar-refractivity contribution < 1.29 is 9.90 Å². The molecule has 7 heteroatoms. The first-order valence-electron chi connectivity index (χ1n) is 7.82. The standard InChI is InChI=1S/C14H23N5O2/c20-14(21)13-11-19(16-15-13)9-8-17-7-4-12(10-17)18-5-2-1-3-6-18/h11-12H,1-10H2,(H,20,21). The van der Waals surface area contributed by atoms with Crippen LogP contribution in [0.2, 0.25) is 0 Å². The van der Waals surface area contributed by atoms with Crippen LogP contribution < -0.4 is 0 Å². The van der Waals surface area contributed by atoms with E-state index in [2.05, 4.69) is 20.1 Å². The van der Waals surface area contributed by atoms with Gasteiger partial charge in [0.15, 0.2) is 5.69 Å². The lowest BCUT2D eigenvalue weighted by atomic mass is 10.1. The van der Waals surface area contributed by atoms with Crippen molar-refractivity contribution in [1.82, 2.24) is 24.8 Å². The zero-order valence-corrected chi connectivity index (χ0v) is 12.3. The monoisotopic (exact) mass is 293 g/mol. The predicted octanol–water partition coefficient (Wildman–Crippen LogP) is 0.536. The van der Waals surface area contributed by atoms with E-state index in [0.29, 0.717) is 12.6 Å². The Balaban J connectivity index is 1.44. The van der Waals surface area contributed by atoms with Crippen LogP contribution in [-0.4, -0.2) is 74.6 Å². The number of carboxylic acid groups (broad SMARTS) is 1. The Morgan fingerprint density at radius 3 is 2.76 bits per heavy atom. The van der Waals surface area contributed by atoms with E-state index in [1.54, 1.807) is 4.68 Å². The maximum atomic E-state index is 10.8. The van der Waals surface area contributed by atoms with Gasteiger partial charge in [0.25, 0.3) is 0 Å². The molecule has 1 unspecified atom stereocenters. The molecule has 0 spiro atoms. The molecule has 0 aliphatic carbocycles. The Morgan fingerprint density at radius 1 is 1.24 bits per heavy atom. The highest BCUT2D eigenvalue weighted by molar-refractivity contribution is 5.84. The highest BCUT2D eigenvalue weighted by Gasteiger charge is 2.28. The molecule has 0 radical (unpaired) electrons. The average molecular weight is 293 g/mol. The number of aromatic carboxylic acids is 1. The van der Waals surface area contributed by atoms with E-state index in [1.807, 2.05) is 0 Å². The van der Waals surface area contributed by atoms with Crippen LogP contribution in [0.3, 0.4) is 0 Å². The summed E-state index contributed by atoms with van der Waals surface area (Å²) in [5, 5.41) is 16.3. The quantitative estimate of drug-likeness (QED) is 0.854. The molecule has 1 aromatic rings. The van der Waals surface area contributed by atoms with Gasteiger partial charge in [-0.1, -0.05) is 11.6 Å². The van der Waals surface area contributed by atoms with Crippen LogP contribution in [-0.2, 0) is 6.54 Å². The van der Waals surface area contributed by atoms with Crippen molar-refractivity contribution in [1.29, 1.82) is 0 Å². The fraction of sp³-hybridized carbons (Fsp3) is 0.786. The van der Waals surface area contributed by atoms with E-state index in [-0.39, 0.29) is 5.69 Å². The highest BCUT2D eigenvalue weighted by Crippen LogP contribution is 2.19. The van der Waals surface area contributed by atoms with Gasteiger partial charge < -0.3 is 5.11 Å². The summed E-state index contributed by atoms with van der Waals surface area (Å²) >= 11 is 0. The molecule has 0 aromatic carbocycles. The third kappa shape index (κ3) is 3.59. The van der Waals surface area contributed by atoms with Crippen molar-refractivity contribution in [3.8, 4) is 0 Å². The van der Waals surface area contributed by atoms with E-state index < -0.39 is 5.97 Å². The number of hydrogen-bond donors (Lipinski definition) is 1. The Labute approximate surface area is 124 Å². The van der Waals surface area contributed by atoms with Gasteiger partial charge in [-0.15, -0.1) is 5.10 Å². The molecule has 3 heterocycles. The van der Waals surface area contributed by atoms with Crippen molar-refractivity contribution in [2.24, 2.45) is 0 Å². The van der Waals surface area contributed by atoms with E-state index in [1.165, 1.54) is 45.0 Å². The lowest BCUT2D eigenvalue weighted by Crippen LogP contribution is -2.41. The Hall–Kier alpha value is -1.47. The minimum absolute atomic E-state index is 0.0163. The molecule has 7 nitrogen and oxygen atoms in total. The fourth-order valence-corrected chi connectivity index (χ4v) is 3.35. The van der Waals surface area contributed by atoms with Crippen molar-refractivity contribution in [3.63, 3.8) is 0 Å². The molecule has 2 fully saturated rings. The third-order valence-corrected chi connectivity index (χ3v) is 4.56. The van der Waals surface area contributed by atoms with Crippen LogP contribution >= 0.6 is 0 Å². The number of carbonyl (C=O) groups is 1. The summed E-state index contributed by atoms with van der Waals surface area (Å²) in [5.74, 6) is -1.02.